The van der Waals surface area contributed by atoms with E-state index in [1.807, 2.05) is 18.7 Å². The standard InChI is InChI=1S/C16H22ClN3/c1-5-18-14(13-8-6-11(2)7-9-13)10-15-16(17)12(3)19-20(15)4/h6-9,14,18H,5,10H2,1-4H3. The molecule has 2 rings (SSSR count). The highest BCUT2D eigenvalue weighted by Gasteiger charge is 2.17. The van der Waals surface area contributed by atoms with Gasteiger partial charge in [0.1, 0.15) is 0 Å². The van der Waals surface area contributed by atoms with Gasteiger partial charge in [0.05, 0.1) is 16.4 Å². The Morgan fingerprint density at radius 3 is 2.40 bits per heavy atom. The van der Waals surface area contributed by atoms with Crippen LogP contribution < -0.4 is 5.32 Å². The highest BCUT2D eigenvalue weighted by Crippen LogP contribution is 2.25. The molecule has 0 aliphatic carbocycles. The van der Waals surface area contributed by atoms with Gasteiger partial charge >= 0.3 is 0 Å². The van der Waals surface area contributed by atoms with Gasteiger partial charge in [0.25, 0.3) is 0 Å². The van der Waals surface area contributed by atoms with Crippen molar-refractivity contribution in [3.63, 3.8) is 0 Å². The molecule has 0 aliphatic rings. The largest absolute Gasteiger partial charge is 0.310 e. The number of hydrogen-bond donors (Lipinski definition) is 1. The number of hydrogen-bond acceptors (Lipinski definition) is 2. The molecule has 1 atom stereocenters. The average molecular weight is 292 g/mol. The third-order valence-corrected chi connectivity index (χ3v) is 4.08. The van der Waals surface area contributed by atoms with Gasteiger partial charge < -0.3 is 5.32 Å². The maximum absolute atomic E-state index is 6.36. The van der Waals surface area contributed by atoms with Crippen molar-refractivity contribution in [2.75, 3.05) is 6.54 Å². The van der Waals surface area contributed by atoms with E-state index in [1.165, 1.54) is 11.1 Å². The van der Waals surface area contributed by atoms with Crippen molar-refractivity contribution < 1.29 is 0 Å². The van der Waals surface area contributed by atoms with Crippen molar-refractivity contribution >= 4 is 11.6 Å². The van der Waals surface area contributed by atoms with Gasteiger partial charge in [-0.3, -0.25) is 4.68 Å². The average Bonchev–Trinajstić information content (AvgIpc) is 2.65. The molecule has 1 aromatic heterocycles. The van der Waals surface area contributed by atoms with Crippen molar-refractivity contribution in [1.82, 2.24) is 15.1 Å². The second-order valence-electron chi connectivity index (χ2n) is 5.19. The lowest BCUT2D eigenvalue weighted by atomic mass is 10.0. The zero-order valence-corrected chi connectivity index (χ0v) is 13.3. The summed E-state index contributed by atoms with van der Waals surface area (Å²) in [6, 6.07) is 8.92. The van der Waals surface area contributed by atoms with E-state index in [1.54, 1.807) is 0 Å². The zero-order valence-electron chi connectivity index (χ0n) is 12.6. The molecule has 4 heteroatoms. The van der Waals surface area contributed by atoms with Crippen LogP contribution in [0.3, 0.4) is 0 Å². The Kier molecular flexibility index (Phi) is 4.84. The first-order valence-electron chi connectivity index (χ1n) is 7.00. The minimum Gasteiger partial charge on any atom is -0.310 e. The number of rotatable bonds is 5. The number of aryl methyl sites for hydroxylation is 3. The molecule has 108 valence electrons. The van der Waals surface area contributed by atoms with Gasteiger partial charge in [0.2, 0.25) is 0 Å². The summed E-state index contributed by atoms with van der Waals surface area (Å²) < 4.78 is 1.89. The van der Waals surface area contributed by atoms with Gasteiger partial charge in [-0.15, -0.1) is 0 Å². The Morgan fingerprint density at radius 2 is 1.90 bits per heavy atom. The molecule has 3 nitrogen and oxygen atoms in total. The van der Waals surface area contributed by atoms with E-state index < -0.39 is 0 Å². The Hall–Kier alpha value is -1.32. The van der Waals surface area contributed by atoms with Crippen LogP contribution in [0, 0.1) is 13.8 Å². The third kappa shape index (κ3) is 3.22. The highest BCUT2D eigenvalue weighted by atomic mass is 35.5. The molecule has 0 radical (unpaired) electrons. The summed E-state index contributed by atoms with van der Waals surface area (Å²) >= 11 is 6.36. The number of nitrogens with zero attached hydrogens (tertiary/aromatic N) is 2. The number of halogens is 1. The van der Waals surface area contributed by atoms with Crippen LogP contribution in [-0.4, -0.2) is 16.3 Å². The zero-order chi connectivity index (χ0) is 14.7. The molecular weight excluding hydrogens is 270 g/mol. The van der Waals surface area contributed by atoms with Crippen LogP contribution in [0.5, 0.6) is 0 Å². The van der Waals surface area contributed by atoms with Crippen molar-refractivity contribution in [2.24, 2.45) is 7.05 Å². The lowest BCUT2D eigenvalue weighted by Gasteiger charge is -2.19. The van der Waals surface area contributed by atoms with Crippen LogP contribution in [0.15, 0.2) is 24.3 Å². The fourth-order valence-corrected chi connectivity index (χ4v) is 2.69. The summed E-state index contributed by atoms with van der Waals surface area (Å²) in [5, 5.41) is 8.70. The van der Waals surface area contributed by atoms with Gasteiger partial charge in [0, 0.05) is 19.5 Å². The summed E-state index contributed by atoms with van der Waals surface area (Å²) in [4.78, 5) is 0. The van der Waals surface area contributed by atoms with Gasteiger partial charge in [-0.05, 0) is 26.0 Å². The molecule has 1 heterocycles. The molecule has 0 saturated heterocycles. The molecule has 0 fully saturated rings. The number of aromatic nitrogens is 2. The Labute approximate surface area is 126 Å². The Bertz CT molecular complexity index is 572. The van der Waals surface area contributed by atoms with Gasteiger partial charge in [0.15, 0.2) is 0 Å². The van der Waals surface area contributed by atoms with Crippen LogP contribution in [0.4, 0.5) is 0 Å². The number of nitrogens with one attached hydrogen (secondary N) is 1. The summed E-state index contributed by atoms with van der Waals surface area (Å²) in [5.41, 5.74) is 4.53. The first kappa shape index (κ1) is 15.1. The van der Waals surface area contributed by atoms with Gasteiger partial charge in [-0.25, -0.2) is 0 Å². The molecule has 1 unspecified atom stereocenters. The van der Waals surface area contributed by atoms with E-state index in [-0.39, 0.29) is 6.04 Å². The first-order chi connectivity index (χ1) is 9.52. The smallest absolute Gasteiger partial charge is 0.0847 e. The molecule has 0 amide bonds. The minimum atomic E-state index is 0.257. The predicted molar refractivity (Wildman–Crippen MR) is 84.3 cm³/mol. The Balaban J connectivity index is 2.27. The summed E-state index contributed by atoms with van der Waals surface area (Å²) in [6.07, 6.45) is 0.840. The van der Waals surface area contributed by atoms with Crippen molar-refractivity contribution in [1.29, 1.82) is 0 Å². The normalized spacial score (nSPS) is 12.7. The fraction of sp³-hybridized carbons (Fsp3) is 0.438. The van der Waals surface area contributed by atoms with Crippen molar-refractivity contribution in [3.05, 3.63) is 51.8 Å². The van der Waals surface area contributed by atoms with Crippen LogP contribution >= 0.6 is 11.6 Å². The lowest BCUT2D eigenvalue weighted by Crippen LogP contribution is -2.24. The Morgan fingerprint density at radius 1 is 1.25 bits per heavy atom. The molecule has 0 bridgehead atoms. The summed E-state index contributed by atoms with van der Waals surface area (Å²) in [5.74, 6) is 0. The number of benzene rings is 1. The number of likely N-dealkylation sites (N-methyl/N-ethyl adjacent to an activating group) is 1. The van der Waals surface area contributed by atoms with E-state index >= 15 is 0 Å². The second-order valence-corrected chi connectivity index (χ2v) is 5.57. The van der Waals surface area contributed by atoms with Crippen LogP contribution in [0.1, 0.15) is 35.5 Å². The van der Waals surface area contributed by atoms with E-state index in [4.69, 9.17) is 11.6 Å². The highest BCUT2D eigenvalue weighted by molar-refractivity contribution is 6.31. The van der Waals surface area contributed by atoms with E-state index in [0.29, 0.717) is 0 Å². The topological polar surface area (TPSA) is 29.9 Å². The molecule has 2 aromatic rings. The van der Waals surface area contributed by atoms with E-state index in [9.17, 15) is 0 Å². The van der Waals surface area contributed by atoms with Gasteiger partial charge in [-0.2, -0.15) is 5.10 Å². The van der Waals surface area contributed by atoms with Crippen LogP contribution in [-0.2, 0) is 13.5 Å². The molecule has 0 spiro atoms. The summed E-state index contributed by atoms with van der Waals surface area (Å²) in [7, 11) is 1.95. The predicted octanol–water partition coefficient (Wildman–Crippen LogP) is 3.58. The van der Waals surface area contributed by atoms with Crippen LogP contribution in [0.25, 0.3) is 0 Å². The molecular formula is C16H22ClN3. The van der Waals surface area contributed by atoms with E-state index in [0.717, 1.165) is 29.4 Å². The monoisotopic (exact) mass is 291 g/mol. The SMILES string of the molecule is CCNC(Cc1c(Cl)c(C)nn1C)c1ccc(C)cc1. The molecule has 1 aromatic carbocycles. The molecule has 1 N–H and O–H groups in total. The maximum atomic E-state index is 6.36. The van der Waals surface area contributed by atoms with E-state index in [2.05, 4.69) is 48.5 Å². The van der Waals surface area contributed by atoms with Crippen LogP contribution in [0.2, 0.25) is 5.02 Å². The van der Waals surface area contributed by atoms with Gasteiger partial charge in [-0.1, -0.05) is 48.4 Å². The molecule has 0 aliphatic heterocycles. The van der Waals surface area contributed by atoms with Crippen molar-refractivity contribution in [3.8, 4) is 0 Å². The molecule has 20 heavy (non-hydrogen) atoms. The minimum absolute atomic E-state index is 0.257. The first-order valence-corrected chi connectivity index (χ1v) is 7.38. The fourth-order valence-electron chi connectivity index (χ4n) is 2.45. The maximum Gasteiger partial charge on any atom is 0.0847 e. The molecule has 0 saturated carbocycles. The second kappa shape index (κ2) is 6.42. The summed E-state index contributed by atoms with van der Waals surface area (Å²) in [6.45, 7) is 7.09. The third-order valence-electron chi connectivity index (χ3n) is 3.59. The van der Waals surface area contributed by atoms with Crippen molar-refractivity contribution in [2.45, 2.75) is 33.2 Å². The lowest BCUT2D eigenvalue weighted by molar-refractivity contribution is 0.528. The quantitative estimate of drug-likeness (QED) is 0.912.